The fraction of sp³-hybridized carbons (Fsp3) is 0.636. The quantitative estimate of drug-likeness (QED) is 0.517. The fourth-order valence-corrected chi connectivity index (χ4v) is 0.834. The molecule has 0 fully saturated rings. The van der Waals surface area contributed by atoms with Crippen molar-refractivity contribution in [3.8, 4) is 0 Å². The number of hydrogen-bond acceptors (Lipinski definition) is 4. The van der Waals surface area contributed by atoms with E-state index in [1.165, 1.54) is 12.2 Å². The van der Waals surface area contributed by atoms with Crippen molar-refractivity contribution in [1.82, 2.24) is 0 Å². The van der Waals surface area contributed by atoms with Crippen LogP contribution in [-0.2, 0) is 19.1 Å². The Labute approximate surface area is 90.2 Å². The molecule has 0 N–H and O–H groups in total. The van der Waals surface area contributed by atoms with Crippen LogP contribution in [0.2, 0.25) is 0 Å². The zero-order valence-electron chi connectivity index (χ0n) is 9.65. The molecule has 0 unspecified atom stereocenters. The maximum absolute atomic E-state index is 11.0. The van der Waals surface area contributed by atoms with E-state index in [0.717, 1.165) is 0 Å². The number of ether oxygens (including phenoxy) is 2. The third-order valence-corrected chi connectivity index (χ3v) is 1.26. The van der Waals surface area contributed by atoms with Crippen molar-refractivity contribution in [3.63, 3.8) is 0 Å². The van der Waals surface area contributed by atoms with Gasteiger partial charge in [-0.25, -0.2) is 4.79 Å². The Kier molecular flexibility index (Phi) is 6.42. The molecular formula is C11H18O4. The van der Waals surface area contributed by atoms with Gasteiger partial charge >= 0.3 is 11.9 Å². The van der Waals surface area contributed by atoms with Crippen LogP contribution < -0.4 is 0 Å². The summed E-state index contributed by atoms with van der Waals surface area (Å²) in [6.45, 7) is 7.07. The summed E-state index contributed by atoms with van der Waals surface area (Å²) in [6, 6.07) is 0. The van der Waals surface area contributed by atoms with Gasteiger partial charge in [-0.05, 0) is 27.7 Å². The predicted octanol–water partition coefficient (Wildman–Crippen LogP) is 1.84. The number of rotatable bonds is 5. The van der Waals surface area contributed by atoms with Gasteiger partial charge in [0.15, 0.2) is 0 Å². The minimum atomic E-state index is -0.442. The molecule has 0 aromatic heterocycles. The molecule has 0 aromatic carbocycles. The van der Waals surface area contributed by atoms with Gasteiger partial charge in [0, 0.05) is 6.08 Å². The van der Waals surface area contributed by atoms with Gasteiger partial charge in [-0.3, -0.25) is 4.79 Å². The second-order valence-corrected chi connectivity index (χ2v) is 3.63. The standard InChI is InChI=1S/C11H18O4/c1-8(2)14-10(12)6-5-7-11(13)15-9(3)4/h5-6,8-9H,7H2,1-4H3. The smallest absolute Gasteiger partial charge is 0.330 e. The van der Waals surface area contributed by atoms with E-state index in [0.29, 0.717) is 0 Å². The average Bonchev–Trinajstić information content (AvgIpc) is 2.00. The SMILES string of the molecule is CC(C)OC(=O)C=CCC(=O)OC(C)C. The summed E-state index contributed by atoms with van der Waals surface area (Å²) in [6.07, 6.45) is 2.49. The van der Waals surface area contributed by atoms with Gasteiger partial charge < -0.3 is 9.47 Å². The second-order valence-electron chi connectivity index (χ2n) is 3.63. The van der Waals surface area contributed by atoms with Crippen molar-refractivity contribution in [3.05, 3.63) is 12.2 Å². The molecule has 0 heterocycles. The minimum absolute atomic E-state index is 0.0887. The first-order valence-corrected chi connectivity index (χ1v) is 4.98. The topological polar surface area (TPSA) is 52.6 Å². The second kappa shape index (κ2) is 7.04. The first kappa shape index (κ1) is 13.7. The molecule has 4 nitrogen and oxygen atoms in total. The van der Waals surface area contributed by atoms with Gasteiger partial charge in [0.05, 0.1) is 18.6 Å². The van der Waals surface area contributed by atoms with E-state index >= 15 is 0 Å². The number of esters is 2. The molecule has 0 aliphatic heterocycles. The molecule has 0 saturated heterocycles. The van der Waals surface area contributed by atoms with Crippen LogP contribution in [-0.4, -0.2) is 24.1 Å². The van der Waals surface area contributed by atoms with Gasteiger partial charge in [0.2, 0.25) is 0 Å². The van der Waals surface area contributed by atoms with Crippen LogP contribution in [0.4, 0.5) is 0 Å². The molecule has 0 aliphatic carbocycles. The van der Waals surface area contributed by atoms with Crippen molar-refractivity contribution in [2.24, 2.45) is 0 Å². The van der Waals surface area contributed by atoms with Crippen LogP contribution in [0.5, 0.6) is 0 Å². The molecule has 0 spiro atoms. The Morgan fingerprint density at radius 3 is 2.07 bits per heavy atom. The minimum Gasteiger partial charge on any atom is -0.463 e. The van der Waals surface area contributed by atoms with Crippen LogP contribution in [0.15, 0.2) is 12.2 Å². The Morgan fingerprint density at radius 2 is 1.60 bits per heavy atom. The van der Waals surface area contributed by atoms with E-state index < -0.39 is 5.97 Å². The van der Waals surface area contributed by atoms with Crippen LogP contribution in [0.3, 0.4) is 0 Å². The van der Waals surface area contributed by atoms with Crippen molar-refractivity contribution in [2.75, 3.05) is 0 Å². The molecule has 4 heteroatoms. The number of carbonyl (C=O) groups is 2. The lowest BCUT2D eigenvalue weighted by molar-refractivity contribution is -0.146. The van der Waals surface area contributed by atoms with E-state index in [4.69, 9.17) is 9.47 Å². The zero-order chi connectivity index (χ0) is 11.8. The molecule has 0 rings (SSSR count). The van der Waals surface area contributed by atoms with E-state index in [1.807, 2.05) is 0 Å². The Balaban J connectivity index is 3.79. The summed E-state index contributed by atoms with van der Waals surface area (Å²) in [4.78, 5) is 22.0. The monoisotopic (exact) mass is 214 g/mol. The molecule has 15 heavy (non-hydrogen) atoms. The molecule has 0 aliphatic rings. The first-order chi connectivity index (χ1) is 6.91. The molecule has 0 aromatic rings. The van der Waals surface area contributed by atoms with Crippen molar-refractivity contribution < 1.29 is 19.1 Å². The highest BCUT2D eigenvalue weighted by molar-refractivity contribution is 5.83. The first-order valence-electron chi connectivity index (χ1n) is 4.98. The van der Waals surface area contributed by atoms with E-state index in [9.17, 15) is 9.59 Å². The summed E-state index contributed by atoms with van der Waals surface area (Å²) in [5, 5.41) is 0. The van der Waals surface area contributed by atoms with Crippen molar-refractivity contribution >= 4 is 11.9 Å². The molecule has 0 amide bonds. The van der Waals surface area contributed by atoms with E-state index in [2.05, 4.69) is 0 Å². The summed E-state index contributed by atoms with van der Waals surface area (Å²) in [7, 11) is 0. The number of carbonyl (C=O) groups excluding carboxylic acids is 2. The zero-order valence-corrected chi connectivity index (χ0v) is 9.65. The lowest BCUT2D eigenvalue weighted by atomic mass is 10.3. The van der Waals surface area contributed by atoms with E-state index in [-0.39, 0.29) is 24.6 Å². The van der Waals surface area contributed by atoms with Crippen molar-refractivity contribution in [2.45, 2.75) is 46.3 Å². The van der Waals surface area contributed by atoms with Crippen LogP contribution in [0.25, 0.3) is 0 Å². The molecule has 0 bridgehead atoms. The van der Waals surface area contributed by atoms with Gasteiger partial charge in [-0.15, -0.1) is 0 Å². The summed E-state index contributed by atoms with van der Waals surface area (Å²) >= 11 is 0. The maximum Gasteiger partial charge on any atom is 0.330 e. The van der Waals surface area contributed by atoms with Crippen LogP contribution in [0.1, 0.15) is 34.1 Å². The Bertz CT molecular complexity index is 241. The lowest BCUT2D eigenvalue weighted by Crippen LogP contribution is -2.11. The molecule has 86 valence electrons. The summed E-state index contributed by atoms with van der Waals surface area (Å²) in [5.74, 6) is -0.791. The summed E-state index contributed by atoms with van der Waals surface area (Å²) < 4.78 is 9.71. The highest BCUT2D eigenvalue weighted by Gasteiger charge is 2.03. The van der Waals surface area contributed by atoms with E-state index in [1.54, 1.807) is 27.7 Å². The van der Waals surface area contributed by atoms with Gasteiger partial charge in [0.25, 0.3) is 0 Å². The molecular weight excluding hydrogens is 196 g/mol. The molecule has 0 saturated carbocycles. The highest BCUT2D eigenvalue weighted by atomic mass is 16.5. The van der Waals surface area contributed by atoms with Crippen LogP contribution >= 0.6 is 0 Å². The lowest BCUT2D eigenvalue weighted by Gasteiger charge is -2.05. The largest absolute Gasteiger partial charge is 0.463 e. The summed E-state index contributed by atoms with van der Waals surface area (Å²) in [5.41, 5.74) is 0. The fourth-order valence-electron chi connectivity index (χ4n) is 0.834. The number of hydrogen-bond donors (Lipinski definition) is 0. The van der Waals surface area contributed by atoms with Crippen molar-refractivity contribution in [1.29, 1.82) is 0 Å². The highest BCUT2D eigenvalue weighted by Crippen LogP contribution is 1.96. The predicted molar refractivity (Wildman–Crippen MR) is 56.2 cm³/mol. The van der Waals surface area contributed by atoms with Crippen LogP contribution in [0, 0.1) is 0 Å². The normalized spacial score (nSPS) is 11.1. The third-order valence-electron chi connectivity index (χ3n) is 1.26. The molecule has 0 atom stereocenters. The maximum atomic E-state index is 11.0. The Hall–Kier alpha value is -1.32. The Morgan fingerprint density at radius 1 is 1.07 bits per heavy atom. The molecule has 0 radical (unpaired) electrons. The average molecular weight is 214 g/mol. The van der Waals surface area contributed by atoms with Gasteiger partial charge in [0.1, 0.15) is 0 Å². The third kappa shape index (κ3) is 9.00. The van der Waals surface area contributed by atoms with Gasteiger partial charge in [-0.1, -0.05) is 6.08 Å². The van der Waals surface area contributed by atoms with Gasteiger partial charge in [-0.2, -0.15) is 0 Å².